The number of nitriles is 1. The number of anilines is 1. The summed E-state index contributed by atoms with van der Waals surface area (Å²) in [5, 5.41) is 8.97. The molecule has 88 valence electrons. The Morgan fingerprint density at radius 2 is 1.89 bits per heavy atom. The van der Waals surface area contributed by atoms with E-state index in [1.807, 2.05) is 36.4 Å². The van der Waals surface area contributed by atoms with Crippen LogP contribution in [0.15, 0.2) is 30.3 Å². The number of nitrogens with two attached hydrogens (primary N) is 1. The van der Waals surface area contributed by atoms with Crippen LogP contribution in [0.2, 0.25) is 0 Å². The van der Waals surface area contributed by atoms with E-state index in [1.165, 1.54) is 0 Å². The van der Waals surface area contributed by atoms with Gasteiger partial charge < -0.3 is 5.73 Å². The first-order valence-corrected chi connectivity index (χ1v) is 5.92. The molecule has 0 radical (unpaired) electrons. The smallest absolute Gasteiger partial charge is 0.183 e. The maximum absolute atomic E-state index is 8.97. The molecular weight excluding hydrogens is 224 g/mol. The summed E-state index contributed by atoms with van der Waals surface area (Å²) in [6.45, 7) is 0. The second-order valence-corrected chi connectivity index (χ2v) is 4.44. The van der Waals surface area contributed by atoms with Crippen molar-refractivity contribution in [1.29, 1.82) is 5.26 Å². The van der Waals surface area contributed by atoms with Crippen LogP contribution >= 0.6 is 0 Å². The van der Waals surface area contributed by atoms with Gasteiger partial charge in [0.15, 0.2) is 11.5 Å². The van der Waals surface area contributed by atoms with Gasteiger partial charge in [0.1, 0.15) is 6.07 Å². The first-order valence-electron chi connectivity index (χ1n) is 5.92. The van der Waals surface area contributed by atoms with Crippen molar-refractivity contribution >= 4 is 5.82 Å². The van der Waals surface area contributed by atoms with Gasteiger partial charge >= 0.3 is 0 Å². The van der Waals surface area contributed by atoms with Crippen LogP contribution in [0.4, 0.5) is 5.82 Å². The second-order valence-electron chi connectivity index (χ2n) is 4.44. The monoisotopic (exact) mass is 236 g/mol. The lowest BCUT2D eigenvalue weighted by Gasteiger charge is -2.09. The number of hydrogen-bond donors (Lipinski definition) is 1. The molecule has 3 rings (SSSR count). The molecule has 1 saturated carbocycles. The molecule has 1 aromatic carbocycles. The van der Waals surface area contributed by atoms with Crippen LogP contribution in [0, 0.1) is 11.3 Å². The highest BCUT2D eigenvalue weighted by Gasteiger charge is 2.30. The number of aromatic nitrogens is 2. The molecule has 1 aromatic heterocycles. The highest BCUT2D eigenvalue weighted by molar-refractivity contribution is 5.65. The summed E-state index contributed by atoms with van der Waals surface area (Å²) in [5.41, 5.74) is 8.72. The number of nitrogens with zero attached hydrogens (tertiary/aromatic N) is 3. The molecule has 0 amide bonds. The van der Waals surface area contributed by atoms with Gasteiger partial charge in [-0.05, 0) is 12.8 Å². The van der Waals surface area contributed by atoms with Crippen molar-refractivity contribution in [3.8, 4) is 17.3 Å². The minimum atomic E-state index is 0.209. The minimum Gasteiger partial charge on any atom is -0.381 e. The first-order chi connectivity index (χ1) is 8.79. The fourth-order valence-corrected chi connectivity index (χ4v) is 1.99. The topological polar surface area (TPSA) is 75.6 Å². The van der Waals surface area contributed by atoms with Crippen molar-refractivity contribution in [1.82, 2.24) is 9.97 Å². The van der Waals surface area contributed by atoms with Crippen molar-refractivity contribution in [2.45, 2.75) is 18.8 Å². The quantitative estimate of drug-likeness (QED) is 0.869. The van der Waals surface area contributed by atoms with Crippen LogP contribution in [-0.2, 0) is 0 Å². The average Bonchev–Trinajstić information content (AvgIpc) is 3.24. The Kier molecular flexibility index (Phi) is 2.45. The molecule has 2 aromatic rings. The van der Waals surface area contributed by atoms with E-state index in [0.29, 0.717) is 5.92 Å². The van der Waals surface area contributed by atoms with Crippen molar-refractivity contribution in [3.63, 3.8) is 0 Å². The number of hydrogen-bond acceptors (Lipinski definition) is 4. The summed E-state index contributed by atoms with van der Waals surface area (Å²) in [5.74, 6) is 0.640. The zero-order valence-corrected chi connectivity index (χ0v) is 9.80. The molecule has 0 saturated heterocycles. The third kappa shape index (κ3) is 1.80. The summed E-state index contributed by atoms with van der Waals surface area (Å²) < 4.78 is 0. The summed E-state index contributed by atoms with van der Waals surface area (Å²) in [6, 6.07) is 11.9. The Morgan fingerprint density at radius 3 is 2.50 bits per heavy atom. The Morgan fingerprint density at radius 1 is 1.17 bits per heavy atom. The van der Waals surface area contributed by atoms with Gasteiger partial charge in [0.25, 0.3) is 0 Å². The van der Waals surface area contributed by atoms with Crippen molar-refractivity contribution in [2.24, 2.45) is 0 Å². The van der Waals surface area contributed by atoms with Crippen LogP contribution in [0.25, 0.3) is 11.3 Å². The van der Waals surface area contributed by atoms with Gasteiger partial charge in [-0.15, -0.1) is 0 Å². The fraction of sp³-hybridized carbons (Fsp3) is 0.214. The van der Waals surface area contributed by atoms with Gasteiger partial charge in [0, 0.05) is 11.5 Å². The predicted molar refractivity (Wildman–Crippen MR) is 68.6 cm³/mol. The molecule has 0 aliphatic heterocycles. The van der Waals surface area contributed by atoms with E-state index in [1.54, 1.807) is 0 Å². The van der Waals surface area contributed by atoms with Gasteiger partial charge in [-0.3, -0.25) is 0 Å². The zero-order chi connectivity index (χ0) is 12.5. The summed E-state index contributed by atoms with van der Waals surface area (Å²) in [6.07, 6.45) is 2.23. The molecule has 0 bridgehead atoms. The standard InChI is InChI=1S/C14H12N4/c15-8-11-14(16)18-13(9-4-2-1-3-5-9)12(17-11)10-6-7-10/h1-5,10H,6-7H2,(H2,16,18). The lowest BCUT2D eigenvalue weighted by atomic mass is 10.1. The van der Waals surface area contributed by atoms with E-state index in [-0.39, 0.29) is 11.5 Å². The number of nitrogen functional groups attached to an aromatic ring is 1. The molecule has 0 unspecified atom stereocenters. The Hall–Kier alpha value is -2.41. The largest absolute Gasteiger partial charge is 0.381 e. The number of benzene rings is 1. The van der Waals surface area contributed by atoms with Gasteiger partial charge in [0.05, 0.1) is 11.4 Å². The Balaban J connectivity index is 2.19. The highest BCUT2D eigenvalue weighted by Crippen LogP contribution is 2.43. The molecule has 1 aliphatic carbocycles. The maximum atomic E-state index is 8.97. The van der Waals surface area contributed by atoms with Crippen LogP contribution in [0.3, 0.4) is 0 Å². The van der Waals surface area contributed by atoms with E-state index in [0.717, 1.165) is 29.8 Å². The summed E-state index contributed by atoms with van der Waals surface area (Å²) >= 11 is 0. The highest BCUT2D eigenvalue weighted by atomic mass is 14.9. The van der Waals surface area contributed by atoms with Crippen molar-refractivity contribution in [2.75, 3.05) is 5.73 Å². The van der Waals surface area contributed by atoms with E-state index in [2.05, 4.69) is 9.97 Å². The van der Waals surface area contributed by atoms with E-state index in [9.17, 15) is 0 Å². The first kappa shape index (κ1) is 10.7. The third-order valence-corrected chi connectivity index (χ3v) is 3.07. The van der Waals surface area contributed by atoms with Crippen LogP contribution in [-0.4, -0.2) is 9.97 Å². The van der Waals surface area contributed by atoms with Gasteiger partial charge in [-0.1, -0.05) is 30.3 Å². The molecule has 1 aliphatic rings. The average molecular weight is 236 g/mol. The SMILES string of the molecule is N#Cc1nc(C2CC2)c(-c2ccccc2)nc1N. The molecule has 0 spiro atoms. The Labute approximate surface area is 105 Å². The van der Waals surface area contributed by atoms with Gasteiger partial charge in [0.2, 0.25) is 0 Å². The lowest BCUT2D eigenvalue weighted by molar-refractivity contribution is 0.987. The molecule has 1 fully saturated rings. The summed E-state index contributed by atoms with van der Waals surface area (Å²) in [7, 11) is 0. The molecule has 4 nitrogen and oxygen atoms in total. The molecule has 2 N–H and O–H groups in total. The van der Waals surface area contributed by atoms with Crippen LogP contribution in [0.5, 0.6) is 0 Å². The van der Waals surface area contributed by atoms with Gasteiger partial charge in [-0.25, -0.2) is 9.97 Å². The minimum absolute atomic E-state index is 0.209. The zero-order valence-electron chi connectivity index (χ0n) is 9.80. The van der Waals surface area contributed by atoms with Crippen molar-refractivity contribution in [3.05, 3.63) is 41.7 Å². The molecule has 18 heavy (non-hydrogen) atoms. The lowest BCUT2D eigenvalue weighted by Crippen LogP contribution is -2.04. The van der Waals surface area contributed by atoms with E-state index < -0.39 is 0 Å². The Bertz CT molecular complexity index is 624. The molecular formula is C14H12N4. The number of rotatable bonds is 2. The molecule has 4 heteroatoms. The van der Waals surface area contributed by atoms with Crippen molar-refractivity contribution < 1.29 is 0 Å². The molecule has 1 heterocycles. The van der Waals surface area contributed by atoms with Crippen LogP contribution in [0.1, 0.15) is 30.1 Å². The second kappa shape index (κ2) is 4.11. The van der Waals surface area contributed by atoms with Crippen LogP contribution < -0.4 is 5.73 Å². The van der Waals surface area contributed by atoms with E-state index >= 15 is 0 Å². The van der Waals surface area contributed by atoms with E-state index in [4.69, 9.17) is 11.0 Å². The summed E-state index contributed by atoms with van der Waals surface area (Å²) in [4.78, 5) is 8.75. The third-order valence-electron chi connectivity index (χ3n) is 3.07. The maximum Gasteiger partial charge on any atom is 0.183 e. The fourth-order valence-electron chi connectivity index (χ4n) is 1.99. The normalized spacial score (nSPS) is 14.2. The van der Waals surface area contributed by atoms with Gasteiger partial charge in [-0.2, -0.15) is 5.26 Å². The molecule has 0 atom stereocenters. The predicted octanol–water partition coefficient (Wildman–Crippen LogP) is 2.47.